The van der Waals surface area contributed by atoms with Gasteiger partial charge in [0, 0.05) is 12.8 Å². The third-order valence-corrected chi connectivity index (χ3v) is 1.95. The summed E-state index contributed by atoms with van der Waals surface area (Å²) in [7, 11) is -2.89. The standard InChI is InChI=1S/C4H11O4P/c1-9(6,7)4-2-3-8-5/h5H,2-4H2,1H3,(H,6,7). The second-order valence-electron chi connectivity index (χ2n) is 1.96. The van der Waals surface area contributed by atoms with Crippen LogP contribution in [0, 0.1) is 0 Å². The zero-order valence-electron chi connectivity index (χ0n) is 5.28. The van der Waals surface area contributed by atoms with E-state index in [4.69, 9.17) is 10.2 Å². The molecule has 4 nitrogen and oxygen atoms in total. The lowest BCUT2D eigenvalue weighted by Crippen LogP contribution is -1.93. The summed E-state index contributed by atoms with van der Waals surface area (Å²) in [6, 6.07) is 0. The summed E-state index contributed by atoms with van der Waals surface area (Å²) in [5.74, 6) is 0. The van der Waals surface area contributed by atoms with E-state index in [2.05, 4.69) is 4.89 Å². The normalized spacial score (nSPS) is 17.2. The third-order valence-electron chi connectivity index (χ3n) is 0.809. The van der Waals surface area contributed by atoms with Gasteiger partial charge in [0.1, 0.15) is 0 Å². The Balaban J connectivity index is 3.18. The van der Waals surface area contributed by atoms with E-state index >= 15 is 0 Å². The maximum Gasteiger partial charge on any atom is 0.197 e. The highest BCUT2D eigenvalue weighted by molar-refractivity contribution is 7.57. The molecule has 0 amide bonds. The van der Waals surface area contributed by atoms with E-state index < -0.39 is 7.37 Å². The summed E-state index contributed by atoms with van der Waals surface area (Å²) in [5, 5.41) is 7.79. The molecule has 2 N–H and O–H groups in total. The van der Waals surface area contributed by atoms with Crippen LogP contribution in [0.2, 0.25) is 0 Å². The topological polar surface area (TPSA) is 66.8 Å². The molecule has 0 aliphatic heterocycles. The molecule has 0 aromatic rings. The van der Waals surface area contributed by atoms with Crippen molar-refractivity contribution in [3.63, 3.8) is 0 Å². The Labute approximate surface area is 53.8 Å². The predicted molar refractivity (Wildman–Crippen MR) is 33.8 cm³/mol. The smallest absolute Gasteiger partial charge is 0.197 e. The maximum atomic E-state index is 10.5. The zero-order chi connectivity index (χ0) is 7.33. The number of hydrogen-bond acceptors (Lipinski definition) is 3. The molecule has 5 heteroatoms. The fraction of sp³-hybridized carbons (Fsp3) is 1.00. The quantitative estimate of drug-likeness (QED) is 0.271. The number of rotatable bonds is 4. The summed E-state index contributed by atoms with van der Waals surface area (Å²) in [6.45, 7) is 1.41. The van der Waals surface area contributed by atoms with Gasteiger partial charge in [-0.25, -0.2) is 4.89 Å². The first-order valence-electron chi connectivity index (χ1n) is 2.62. The van der Waals surface area contributed by atoms with Crippen LogP contribution < -0.4 is 0 Å². The molecule has 0 bridgehead atoms. The highest BCUT2D eigenvalue weighted by Crippen LogP contribution is 2.35. The third kappa shape index (κ3) is 8.11. The van der Waals surface area contributed by atoms with E-state index in [9.17, 15) is 4.57 Å². The Hall–Kier alpha value is 0.110. The van der Waals surface area contributed by atoms with Gasteiger partial charge in [-0.2, -0.15) is 0 Å². The molecule has 0 aliphatic carbocycles. The Morgan fingerprint density at radius 3 is 2.56 bits per heavy atom. The first kappa shape index (κ1) is 9.11. The van der Waals surface area contributed by atoms with Crippen LogP contribution in [0.5, 0.6) is 0 Å². The average molecular weight is 154 g/mol. The number of hydrogen-bond donors (Lipinski definition) is 2. The van der Waals surface area contributed by atoms with E-state index in [0.717, 1.165) is 0 Å². The van der Waals surface area contributed by atoms with Crippen LogP contribution in [0.15, 0.2) is 0 Å². The highest BCUT2D eigenvalue weighted by Gasteiger charge is 2.07. The van der Waals surface area contributed by atoms with Crippen LogP contribution in [0.4, 0.5) is 0 Å². The Bertz CT molecular complexity index is 107. The molecular weight excluding hydrogens is 143 g/mol. The van der Waals surface area contributed by atoms with Gasteiger partial charge in [0.15, 0.2) is 7.37 Å². The van der Waals surface area contributed by atoms with Crippen LogP contribution in [0.3, 0.4) is 0 Å². The van der Waals surface area contributed by atoms with Crippen LogP contribution >= 0.6 is 7.37 Å². The minimum Gasteiger partial charge on any atom is -0.344 e. The zero-order valence-corrected chi connectivity index (χ0v) is 6.17. The minimum absolute atomic E-state index is 0.123. The van der Waals surface area contributed by atoms with Gasteiger partial charge >= 0.3 is 0 Å². The summed E-state index contributed by atoms with van der Waals surface area (Å²) in [4.78, 5) is 12.4. The molecule has 0 saturated carbocycles. The summed E-state index contributed by atoms with van der Waals surface area (Å²) in [6.07, 6.45) is 0.619. The second kappa shape index (κ2) is 4.01. The molecule has 0 radical (unpaired) electrons. The van der Waals surface area contributed by atoms with Crippen molar-refractivity contribution in [2.45, 2.75) is 6.42 Å². The van der Waals surface area contributed by atoms with E-state index in [1.54, 1.807) is 0 Å². The fourth-order valence-electron chi connectivity index (χ4n) is 0.422. The Morgan fingerprint density at radius 1 is 1.67 bits per heavy atom. The van der Waals surface area contributed by atoms with Gasteiger partial charge in [-0.15, -0.1) is 0 Å². The van der Waals surface area contributed by atoms with Crippen molar-refractivity contribution in [3.05, 3.63) is 0 Å². The van der Waals surface area contributed by atoms with Crippen molar-refractivity contribution in [2.75, 3.05) is 19.4 Å². The van der Waals surface area contributed by atoms with Gasteiger partial charge in [-0.3, -0.25) is 9.82 Å². The minimum atomic E-state index is -2.89. The summed E-state index contributed by atoms with van der Waals surface area (Å²) < 4.78 is 10.5. The lowest BCUT2D eigenvalue weighted by molar-refractivity contribution is -0.241. The molecule has 0 spiro atoms. The van der Waals surface area contributed by atoms with Crippen LogP contribution in [0.25, 0.3) is 0 Å². The van der Waals surface area contributed by atoms with E-state index in [1.807, 2.05) is 0 Å². The molecule has 0 rings (SSSR count). The van der Waals surface area contributed by atoms with Gasteiger partial charge in [0.25, 0.3) is 0 Å². The molecule has 0 aromatic carbocycles. The van der Waals surface area contributed by atoms with Gasteiger partial charge in [-0.05, 0) is 6.42 Å². The molecule has 1 unspecified atom stereocenters. The SMILES string of the molecule is CP(=O)(O)CCCOO. The van der Waals surface area contributed by atoms with Crippen molar-refractivity contribution >= 4 is 7.37 Å². The Kier molecular flexibility index (Phi) is 4.06. The van der Waals surface area contributed by atoms with Crippen molar-refractivity contribution in [1.82, 2.24) is 0 Å². The summed E-state index contributed by atoms with van der Waals surface area (Å²) in [5.41, 5.74) is 0. The highest BCUT2D eigenvalue weighted by atomic mass is 31.2. The van der Waals surface area contributed by atoms with E-state index in [1.165, 1.54) is 6.66 Å². The largest absolute Gasteiger partial charge is 0.344 e. The molecule has 56 valence electrons. The van der Waals surface area contributed by atoms with Crippen molar-refractivity contribution in [2.24, 2.45) is 0 Å². The monoisotopic (exact) mass is 154 g/mol. The van der Waals surface area contributed by atoms with Crippen LogP contribution in [-0.4, -0.2) is 29.6 Å². The first-order valence-corrected chi connectivity index (χ1v) is 4.91. The second-order valence-corrected chi connectivity index (χ2v) is 4.51. The van der Waals surface area contributed by atoms with Crippen molar-refractivity contribution in [1.29, 1.82) is 0 Å². The van der Waals surface area contributed by atoms with E-state index in [0.29, 0.717) is 6.42 Å². The maximum absolute atomic E-state index is 10.5. The van der Waals surface area contributed by atoms with Crippen molar-refractivity contribution < 1.29 is 19.6 Å². The molecule has 0 aromatic heterocycles. The van der Waals surface area contributed by atoms with Crippen LogP contribution in [-0.2, 0) is 9.45 Å². The van der Waals surface area contributed by atoms with Crippen molar-refractivity contribution in [3.8, 4) is 0 Å². The Morgan fingerprint density at radius 2 is 2.22 bits per heavy atom. The van der Waals surface area contributed by atoms with Gasteiger partial charge in [0.2, 0.25) is 0 Å². The molecule has 0 aliphatic rings. The fourth-order valence-corrected chi connectivity index (χ4v) is 1.14. The molecule has 1 atom stereocenters. The van der Waals surface area contributed by atoms with Gasteiger partial charge in [-0.1, -0.05) is 0 Å². The van der Waals surface area contributed by atoms with Crippen LogP contribution in [0.1, 0.15) is 6.42 Å². The lowest BCUT2D eigenvalue weighted by atomic mass is 10.5. The van der Waals surface area contributed by atoms with Gasteiger partial charge < -0.3 is 4.89 Å². The predicted octanol–water partition coefficient (Wildman–Crippen LogP) is 0.766. The lowest BCUT2D eigenvalue weighted by Gasteiger charge is -2.01. The average Bonchev–Trinajstić information content (AvgIpc) is 1.63. The molecule has 9 heavy (non-hydrogen) atoms. The molecular formula is C4H11O4P. The summed E-state index contributed by atoms with van der Waals surface area (Å²) >= 11 is 0. The molecule has 0 heterocycles. The first-order chi connectivity index (χ1) is 4.06. The van der Waals surface area contributed by atoms with E-state index in [-0.39, 0.29) is 12.8 Å². The molecule has 0 saturated heterocycles. The molecule has 0 fully saturated rings. The van der Waals surface area contributed by atoms with Gasteiger partial charge in [0.05, 0.1) is 6.61 Å².